The van der Waals surface area contributed by atoms with Gasteiger partial charge in [0.25, 0.3) is 5.91 Å². The summed E-state index contributed by atoms with van der Waals surface area (Å²) in [6.45, 7) is 0.664. The number of fused-ring (bicyclic) bond motifs is 1. The van der Waals surface area contributed by atoms with Gasteiger partial charge >= 0.3 is 0 Å². The van der Waals surface area contributed by atoms with E-state index in [9.17, 15) is 9.18 Å². The zero-order valence-corrected chi connectivity index (χ0v) is 11.3. The Balaban J connectivity index is 1.93. The number of primary amides is 1. The Morgan fingerprint density at radius 2 is 1.95 bits per heavy atom. The number of nitrogens with zero attached hydrogens (tertiary/aromatic N) is 1. The molecule has 2 aromatic rings. The highest BCUT2D eigenvalue weighted by atomic mass is 19.1. The number of ether oxygens (including phenoxy) is 1. The van der Waals surface area contributed by atoms with E-state index in [1.54, 1.807) is 24.3 Å². The first kappa shape index (κ1) is 13.4. The molecule has 0 aromatic heterocycles. The number of rotatable bonds is 3. The van der Waals surface area contributed by atoms with E-state index in [1.165, 1.54) is 6.07 Å². The maximum atomic E-state index is 13.8. The predicted octanol–water partition coefficient (Wildman–Crippen LogP) is 2.08. The number of anilines is 1. The van der Waals surface area contributed by atoms with Crippen LogP contribution in [-0.4, -0.2) is 18.6 Å². The van der Waals surface area contributed by atoms with E-state index in [-0.39, 0.29) is 5.82 Å². The third-order valence-corrected chi connectivity index (χ3v) is 3.50. The van der Waals surface area contributed by atoms with Crippen molar-refractivity contribution in [2.45, 2.75) is 12.6 Å². The molecule has 2 aromatic carbocycles. The highest BCUT2D eigenvalue weighted by molar-refractivity contribution is 5.81. The standard InChI is InChI=1S/C16H15FN2O2/c17-12-6-2-1-5-11(12)9-19-10-15(16(18)20)21-14-8-4-3-7-13(14)19/h1-8,15H,9-10H2,(H2,18,20). The number of amides is 1. The molecule has 5 heteroatoms. The summed E-state index contributed by atoms with van der Waals surface area (Å²) in [6.07, 6.45) is -0.730. The molecule has 2 N–H and O–H groups in total. The number of carbonyl (C=O) groups excluding carboxylic acids is 1. The molecule has 0 aliphatic carbocycles. The van der Waals surface area contributed by atoms with Crippen molar-refractivity contribution in [3.8, 4) is 5.75 Å². The molecule has 1 atom stereocenters. The number of carbonyl (C=O) groups is 1. The fraction of sp³-hybridized carbons (Fsp3) is 0.188. The van der Waals surface area contributed by atoms with Crippen molar-refractivity contribution in [2.24, 2.45) is 5.73 Å². The lowest BCUT2D eigenvalue weighted by Crippen LogP contribution is -2.47. The van der Waals surface area contributed by atoms with Crippen molar-refractivity contribution in [3.05, 3.63) is 59.9 Å². The summed E-state index contributed by atoms with van der Waals surface area (Å²) in [6, 6.07) is 13.9. The molecule has 0 fully saturated rings. The van der Waals surface area contributed by atoms with Crippen LogP contribution in [-0.2, 0) is 11.3 Å². The summed E-state index contributed by atoms with van der Waals surface area (Å²) < 4.78 is 19.4. The first-order valence-electron chi connectivity index (χ1n) is 6.68. The van der Waals surface area contributed by atoms with E-state index in [0.717, 1.165) is 5.69 Å². The van der Waals surface area contributed by atoms with Gasteiger partial charge in [-0.3, -0.25) is 4.79 Å². The smallest absolute Gasteiger partial charge is 0.260 e. The molecule has 21 heavy (non-hydrogen) atoms. The Morgan fingerprint density at radius 1 is 1.24 bits per heavy atom. The molecule has 1 aliphatic rings. The second kappa shape index (κ2) is 5.44. The lowest BCUT2D eigenvalue weighted by atomic mass is 10.1. The molecule has 0 radical (unpaired) electrons. The minimum absolute atomic E-state index is 0.267. The van der Waals surface area contributed by atoms with Crippen LogP contribution in [0.5, 0.6) is 5.75 Å². The maximum absolute atomic E-state index is 13.8. The van der Waals surface area contributed by atoms with Gasteiger partial charge in [-0.25, -0.2) is 4.39 Å². The van der Waals surface area contributed by atoms with E-state index >= 15 is 0 Å². The molecule has 4 nitrogen and oxygen atoms in total. The Morgan fingerprint density at radius 3 is 2.71 bits per heavy atom. The highest BCUT2D eigenvalue weighted by Crippen LogP contribution is 2.34. The van der Waals surface area contributed by atoms with Gasteiger partial charge in [-0.1, -0.05) is 30.3 Å². The van der Waals surface area contributed by atoms with E-state index in [4.69, 9.17) is 10.5 Å². The molecule has 0 bridgehead atoms. The Hall–Kier alpha value is -2.56. The van der Waals surface area contributed by atoms with Gasteiger partial charge in [-0.15, -0.1) is 0 Å². The van der Waals surface area contributed by atoms with Crippen molar-refractivity contribution < 1.29 is 13.9 Å². The van der Waals surface area contributed by atoms with Crippen LogP contribution in [0.2, 0.25) is 0 Å². The predicted molar refractivity (Wildman–Crippen MR) is 77.5 cm³/mol. The third-order valence-electron chi connectivity index (χ3n) is 3.50. The van der Waals surface area contributed by atoms with Gasteiger partial charge < -0.3 is 15.4 Å². The summed E-state index contributed by atoms with van der Waals surface area (Å²) >= 11 is 0. The Kier molecular flexibility index (Phi) is 3.48. The number of nitrogens with two attached hydrogens (primary N) is 1. The lowest BCUT2D eigenvalue weighted by Gasteiger charge is -2.35. The average Bonchev–Trinajstić information content (AvgIpc) is 2.49. The molecule has 0 saturated carbocycles. The first-order chi connectivity index (χ1) is 10.1. The maximum Gasteiger partial charge on any atom is 0.260 e. The van der Waals surface area contributed by atoms with Crippen LogP contribution in [0.4, 0.5) is 10.1 Å². The third kappa shape index (κ3) is 2.67. The van der Waals surface area contributed by atoms with Crippen molar-refractivity contribution in [1.82, 2.24) is 0 Å². The highest BCUT2D eigenvalue weighted by Gasteiger charge is 2.29. The largest absolute Gasteiger partial charge is 0.477 e. The number of para-hydroxylation sites is 2. The number of halogens is 1. The molecule has 1 heterocycles. The van der Waals surface area contributed by atoms with Crippen molar-refractivity contribution in [1.29, 1.82) is 0 Å². The molecular formula is C16H15FN2O2. The topological polar surface area (TPSA) is 55.6 Å². The van der Waals surface area contributed by atoms with Crippen LogP contribution in [0, 0.1) is 5.82 Å². The summed E-state index contributed by atoms with van der Waals surface area (Å²) in [7, 11) is 0. The Bertz CT molecular complexity index is 675. The zero-order chi connectivity index (χ0) is 14.8. The molecule has 108 valence electrons. The zero-order valence-electron chi connectivity index (χ0n) is 11.3. The first-order valence-corrected chi connectivity index (χ1v) is 6.68. The number of benzene rings is 2. The number of hydrogen-bond donors (Lipinski definition) is 1. The molecule has 1 unspecified atom stereocenters. The van der Waals surface area contributed by atoms with Gasteiger partial charge in [-0.2, -0.15) is 0 Å². The van der Waals surface area contributed by atoms with Gasteiger partial charge in [-0.05, 0) is 18.2 Å². The van der Waals surface area contributed by atoms with Crippen LogP contribution >= 0.6 is 0 Å². The fourth-order valence-corrected chi connectivity index (χ4v) is 2.44. The molecule has 3 rings (SSSR count). The van der Waals surface area contributed by atoms with Gasteiger partial charge in [0, 0.05) is 12.1 Å². The van der Waals surface area contributed by atoms with Gasteiger partial charge in [0.15, 0.2) is 6.10 Å². The second-order valence-corrected chi connectivity index (χ2v) is 4.95. The lowest BCUT2D eigenvalue weighted by molar-refractivity contribution is -0.124. The van der Waals surface area contributed by atoms with Crippen molar-refractivity contribution in [3.63, 3.8) is 0 Å². The average molecular weight is 286 g/mol. The molecule has 0 saturated heterocycles. The second-order valence-electron chi connectivity index (χ2n) is 4.95. The fourth-order valence-electron chi connectivity index (χ4n) is 2.44. The van der Waals surface area contributed by atoms with Crippen LogP contribution in [0.3, 0.4) is 0 Å². The summed E-state index contributed by atoms with van der Waals surface area (Å²) in [4.78, 5) is 13.3. The van der Waals surface area contributed by atoms with Gasteiger partial charge in [0.05, 0.1) is 12.2 Å². The van der Waals surface area contributed by atoms with Crippen LogP contribution < -0.4 is 15.4 Å². The summed E-state index contributed by atoms with van der Waals surface area (Å²) in [5, 5.41) is 0. The van der Waals surface area contributed by atoms with Crippen LogP contribution in [0.25, 0.3) is 0 Å². The Labute approximate surface area is 121 Å². The van der Waals surface area contributed by atoms with E-state index in [0.29, 0.717) is 24.4 Å². The molecule has 1 amide bonds. The van der Waals surface area contributed by atoms with Gasteiger partial charge in [0.1, 0.15) is 11.6 Å². The monoisotopic (exact) mass is 286 g/mol. The van der Waals surface area contributed by atoms with E-state index in [2.05, 4.69) is 0 Å². The molecule has 0 spiro atoms. The van der Waals surface area contributed by atoms with Crippen molar-refractivity contribution in [2.75, 3.05) is 11.4 Å². The van der Waals surface area contributed by atoms with Crippen LogP contribution in [0.1, 0.15) is 5.56 Å². The minimum atomic E-state index is -0.730. The summed E-state index contributed by atoms with van der Waals surface area (Å²) in [5.74, 6) is -0.205. The van der Waals surface area contributed by atoms with Gasteiger partial charge in [0.2, 0.25) is 0 Å². The molecular weight excluding hydrogens is 271 g/mol. The number of hydrogen-bond acceptors (Lipinski definition) is 3. The van der Waals surface area contributed by atoms with Crippen LogP contribution in [0.15, 0.2) is 48.5 Å². The van der Waals surface area contributed by atoms with Crippen molar-refractivity contribution >= 4 is 11.6 Å². The molecule has 1 aliphatic heterocycles. The SMILES string of the molecule is NC(=O)C1CN(Cc2ccccc2F)c2ccccc2O1. The minimum Gasteiger partial charge on any atom is -0.477 e. The summed E-state index contributed by atoms with van der Waals surface area (Å²) in [5.41, 5.74) is 6.74. The quantitative estimate of drug-likeness (QED) is 0.940. The van der Waals surface area contributed by atoms with E-state index in [1.807, 2.05) is 23.1 Å². The van der Waals surface area contributed by atoms with E-state index < -0.39 is 12.0 Å². The normalized spacial score (nSPS) is 17.0.